The first kappa shape index (κ1) is 15.3. The summed E-state index contributed by atoms with van der Waals surface area (Å²) in [5.74, 6) is 1.77. The molecule has 0 spiro atoms. The zero-order valence-corrected chi connectivity index (χ0v) is 13.3. The van der Waals surface area contributed by atoms with Crippen molar-refractivity contribution in [1.82, 2.24) is 4.90 Å². The molecule has 2 rings (SSSR count). The van der Waals surface area contributed by atoms with E-state index in [-0.39, 0.29) is 0 Å². The van der Waals surface area contributed by atoms with E-state index in [2.05, 4.69) is 25.7 Å². The Kier molecular flexibility index (Phi) is 5.30. The largest absolute Gasteiger partial charge is 0.329 e. The Morgan fingerprint density at radius 2 is 1.89 bits per heavy atom. The van der Waals surface area contributed by atoms with Gasteiger partial charge in [0.15, 0.2) is 0 Å². The number of hydrogen-bond donors (Lipinski definition) is 1. The summed E-state index contributed by atoms with van der Waals surface area (Å²) < 4.78 is 0. The van der Waals surface area contributed by atoms with E-state index in [1.165, 1.54) is 57.9 Å². The van der Waals surface area contributed by atoms with Crippen molar-refractivity contribution >= 4 is 0 Å². The average Bonchev–Trinajstić information content (AvgIpc) is 3.22. The maximum atomic E-state index is 6.28. The molecule has 2 fully saturated rings. The summed E-state index contributed by atoms with van der Waals surface area (Å²) in [5, 5.41) is 0. The van der Waals surface area contributed by atoms with Gasteiger partial charge < -0.3 is 5.73 Å². The summed E-state index contributed by atoms with van der Waals surface area (Å²) in [6.45, 7) is 9.23. The standard InChI is InChI=1S/C17H34N2/c1-4-12-19(16-7-8-16)17(13-18)10-5-6-15(9-11-17)14(2)3/h14-16H,4-13,18H2,1-3H3. The number of rotatable bonds is 6. The number of nitrogens with two attached hydrogens (primary N) is 1. The van der Waals surface area contributed by atoms with Gasteiger partial charge in [0.2, 0.25) is 0 Å². The highest BCUT2D eigenvalue weighted by molar-refractivity contribution is 5.00. The fourth-order valence-corrected chi connectivity index (χ4v) is 4.13. The van der Waals surface area contributed by atoms with E-state index in [1.807, 2.05) is 0 Å². The zero-order valence-electron chi connectivity index (χ0n) is 13.3. The fraction of sp³-hybridized carbons (Fsp3) is 1.00. The predicted molar refractivity (Wildman–Crippen MR) is 83.2 cm³/mol. The van der Waals surface area contributed by atoms with Crippen LogP contribution in [0.3, 0.4) is 0 Å². The summed E-state index contributed by atoms with van der Waals surface area (Å²) in [6, 6.07) is 0.860. The second-order valence-corrected chi connectivity index (χ2v) is 7.29. The lowest BCUT2D eigenvalue weighted by molar-refractivity contribution is 0.0676. The van der Waals surface area contributed by atoms with E-state index in [0.29, 0.717) is 5.54 Å². The van der Waals surface area contributed by atoms with E-state index in [9.17, 15) is 0 Å². The van der Waals surface area contributed by atoms with Gasteiger partial charge in [-0.25, -0.2) is 0 Å². The molecule has 2 heteroatoms. The summed E-state index contributed by atoms with van der Waals surface area (Å²) in [5.41, 5.74) is 6.62. The Bertz CT molecular complexity index is 272. The minimum Gasteiger partial charge on any atom is -0.329 e. The normalized spacial score (nSPS) is 32.8. The van der Waals surface area contributed by atoms with Crippen molar-refractivity contribution in [2.45, 2.75) is 83.7 Å². The second-order valence-electron chi connectivity index (χ2n) is 7.29. The van der Waals surface area contributed by atoms with Crippen LogP contribution in [-0.2, 0) is 0 Å². The zero-order chi connectivity index (χ0) is 13.9. The van der Waals surface area contributed by atoms with Gasteiger partial charge in [0.05, 0.1) is 0 Å². The van der Waals surface area contributed by atoms with Crippen molar-refractivity contribution < 1.29 is 0 Å². The molecule has 0 saturated heterocycles. The maximum Gasteiger partial charge on any atom is 0.0334 e. The smallest absolute Gasteiger partial charge is 0.0334 e. The molecule has 0 radical (unpaired) electrons. The minimum absolute atomic E-state index is 0.334. The maximum absolute atomic E-state index is 6.28. The third kappa shape index (κ3) is 3.52. The first-order valence-electron chi connectivity index (χ1n) is 8.60. The molecule has 112 valence electrons. The van der Waals surface area contributed by atoms with Crippen LogP contribution in [0.4, 0.5) is 0 Å². The van der Waals surface area contributed by atoms with Crippen molar-refractivity contribution in [1.29, 1.82) is 0 Å². The fourth-order valence-electron chi connectivity index (χ4n) is 4.13. The minimum atomic E-state index is 0.334. The van der Waals surface area contributed by atoms with Gasteiger partial charge >= 0.3 is 0 Å². The van der Waals surface area contributed by atoms with Crippen LogP contribution in [0.2, 0.25) is 0 Å². The molecule has 2 aliphatic carbocycles. The van der Waals surface area contributed by atoms with Gasteiger partial charge in [0.1, 0.15) is 0 Å². The molecule has 0 aromatic heterocycles. The molecule has 0 heterocycles. The van der Waals surface area contributed by atoms with E-state index in [1.54, 1.807) is 0 Å². The lowest BCUT2D eigenvalue weighted by Gasteiger charge is -2.44. The van der Waals surface area contributed by atoms with Gasteiger partial charge in [0, 0.05) is 18.1 Å². The summed E-state index contributed by atoms with van der Waals surface area (Å²) in [6.07, 6.45) is 11.0. The van der Waals surface area contributed by atoms with Crippen LogP contribution in [0.5, 0.6) is 0 Å². The Morgan fingerprint density at radius 3 is 2.42 bits per heavy atom. The molecule has 2 N–H and O–H groups in total. The monoisotopic (exact) mass is 266 g/mol. The van der Waals surface area contributed by atoms with Gasteiger partial charge in [-0.3, -0.25) is 4.90 Å². The highest BCUT2D eigenvalue weighted by Crippen LogP contribution is 2.42. The third-order valence-electron chi connectivity index (χ3n) is 5.58. The van der Waals surface area contributed by atoms with Crippen molar-refractivity contribution in [3.8, 4) is 0 Å². The molecule has 0 amide bonds. The molecule has 2 unspecified atom stereocenters. The van der Waals surface area contributed by atoms with Gasteiger partial charge in [0.25, 0.3) is 0 Å². The first-order chi connectivity index (χ1) is 9.13. The van der Waals surface area contributed by atoms with Crippen LogP contribution in [0.1, 0.15) is 72.1 Å². The molecule has 2 nitrogen and oxygen atoms in total. The van der Waals surface area contributed by atoms with Crippen molar-refractivity contribution in [2.24, 2.45) is 17.6 Å². The van der Waals surface area contributed by atoms with E-state index in [0.717, 1.165) is 24.4 Å². The highest BCUT2D eigenvalue weighted by atomic mass is 15.3. The lowest BCUT2D eigenvalue weighted by atomic mass is 9.85. The van der Waals surface area contributed by atoms with E-state index < -0.39 is 0 Å². The quantitative estimate of drug-likeness (QED) is 0.741. The predicted octanol–water partition coefficient (Wildman–Crippen LogP) is 3.79. The Hall–Kier alpha value is -0.0800. The van der Waals surface area contributed by atoms with Gasteiger partial charge in [-0.15, -0.1) is 0 Å². The molecule has 0 aromatic carbocycles. The Morgan fingerprint density at radius 1 is 1.16 bits per heavy atom. The molecule has 0 aliphatic heterocycles. The van der Waals surface area contributed by atoms with Crippen molar-refractivity contribution in [3.05, 3.63) is 0 Å². The lowest BCUT2D eigenvalue weighted by Crippen LogP contribution is -2.55. The van der Waals surface area contributed by atoms with Gasteiger partial charge in [-0.05, 0) is 56.9 Å². The summed E-state index contributed by atoms with van der Waals surface area (Å²) in [7, 11) is 0. The van der Waals surface area contributed by atoms with Gasteiger partial charge in [-0.1, -0.05) is 33.6 Å². The van der Waals surface area contributed by atoms with Gasteiger partial charge in [-0.2, -0.15) is 0 Å². The molecule has 0 aromatic rings. The highest BCUT2D eigenvalue weighted by Gasteiger charge is 2.43. The molecular weight excluding hydrogens is 232 g/mol. The molecule has 0 bridgehead atoms. The van der Waals surface area contributed by atoms with E-state index in [4.69, 9.17) is 5.73 Å². The number of hydrogen-bond acceptors (Lipinski definition) is 2. The van der Waals surface area contributed by atoms with Crippen LogP contribution in [0.15, 0.2) is 0 Å². The van der Waals surface area contributed by atoms with E-state index >= 15 is 0 Å². The summed E-state index contributed by atoms with van der Waals surface area (Å²) in [4.78, 5) is 2.82. The van der Waals surface area contributed by atoms with Crippen LogP contribution in [-0.4, -0.2) is 29.6 Å². The average molecular weight is 266 g/mol. The van der Waals surface area contributed by atoms with Crippen molar-refractivity contribution in [2.75, 3.05) is 13.1 Å². The molecule has 2 aliphatic rings. The summed E-state index contributed by atoms with van der Waals surface area (Å²) >= 11 is 0. The van der Waals surface area contributed by atoms with Crippen LogP contribution in [0.25, 0.3) is 0 Å². The van der Waals surface area contributed by atoms with Crippen molar-refractivity contribution in [3.63, 3.8) is 0 Å². The Labute approximate surface area is 120 Å². The molecule has 2 atom stereocenters. The third-order valence-corrected chi connectivity index (χ3v) is 5.58. The SMILES string of the molecule is CCCN(C1CC1)C1(CN)CCCC(C(C)C)CC1. The number of nitrogens with zero attached hydrogens (tertiary/aromatic N) is 1. The molecule has 19 heavy (non-hydrogen) atoms. The van der Waals surface area contributed by atoms with Crippen LogP contribution in [0, 0.1) is 11.8 Å². The molecule has 2 saturated carbocycles. The van der Waals surface area contributed by atoms with Crippen LogP contribution < -0.4 is 5.73 Å². The first-order valence-corrected chi connectivity index (χ1v) is 8.60. The van der Waals surface area contributed by atoms with Crippen LogP contribution >= 0.6 is 0 Å². The topological polar surface area (TPSA) is 29.3 Å². The molecular formula is C17H34N2. The second kappa shape index (κ2) is 6.58. The Balaban J connectivity index is 2.07.